The third-order valence-corrected chi connectivity index (χ3v) is 4.90. The molecule has 0 saturated carbocycles. The van der Waals surface area contributed by atoms with Crippen LogP contribution in [-0.2, 0) is 16.0 Å². The molecular weight excluding hydrogens is 332 g/mol. The molecule has 0 spiro atoms. The molecule has 0 aromatic heterocycles. The lowest BCUT2D eigenvalue weighted by Crippen LogP contribution is -2.45. The number of fused-ring (bicyclic) bond motifs is 1. The van der Waals surface area contributed by atoms with Gasteiger partial charge in [-0.3, -0.25) is 0 Å². The molecule has 1 aliphatic heterocycles. The summed E-state index contributed by atoms with van der Waals surface area (Å²) in [6.45, 7) is 5.51. The molecule has 1 unspecified atom stereocenters. The fourth-order valence-electron chi connectivity index (χ4n) is 3.10. The second-order valence-corrected chi connectivity index (χ2v) is 6.69. The van der Waals surface area contributed by atoms with E-state index in [4.69, 9.17) is 14.2 Å². The van der Waals surface area contributed by atoms with Gasteiger partial charge in [-0.2, -0.15) is 0 Å². The highest BCUT2D eigenvalue weighted by molar-refractivity contribution is 5.91. The van der Waals surface area contributed by atoms with Crippen LogP contribution in [0.25, 0.3) is 0 Å². The van der Waals surface area contributed by atoms with Gasteiger partial charge in [-0.05, 0) is 62.1 Å². The first-order valence-electron chi connectivity index (χ1n) is 8.53. The number of hydrogen-bond acceptors (Lipinski definition) is 5. The standard InChI is InChI=1S/C21H22O5/c1-13-14(2)18-16(10-11-21(3,26-18)20(23)24-4)12-17(13)25-19(22)15-8-6-5-7-9-15/h5-9,12H,10-11H2,1-4H3. The summed E-state index contributed by atoms with van der Waals surface area (Å²) < 4.78 is 16.5. The summed E-state index contributed by atoms with van der Waals surface area (Å²) in [6, 6.07) is 10.7. The fraction of sp³-hybridized carbons (Fsp3) is 0.333. The summed E-state index contributed by atoms with van der Waals surface area (Å²) in [4.78, 5) is 24.4. The smallest absolute Gasteiger partial charge is 0.349 e. The highest BCUT2D eigenvalue weighted by atomic mass is 16.6. The summed E-state index contributed by atoms with van der Waals surface area (Å²) in [5.41, 5.74) is 2.08. The molecule has 3 rings (SSSR count). The van der Waals surface area contributed by atoms with Crippen LogP contribution >= 0.6 is 0 Å². The molecule has 2 aromatic rings. The van der Waals surface area contributed by atoms with Crippen LogP contribution in [0.3, 0.4) is 0 Å². The largest absolute Gasteiger partial charge is 0.475 e. The van der Waals surface area contributed by atoms with Crippen molar-refractivity contribution in [2.45, 2.75) is 39.2 Å². The third-order valence-electron chi connectivity index (χ3n) is 4.90. The van der Waals surface area contributed by atoms with Crippen LogP contribution in [0.2, 0.25) is 0 Å². The molecule has 0 radical (unpaired) electrons. The van der Waals surface area contributed by atoms with Gasteiger partial charge in [-0.25, -0.2) is 9.59 Å². The number of hydrogen-bond donors (Lipinski definition) is 0. The maximum Gasteiger partial charge on any atom is 0.349 e. The average Bonchev–Trinajstić information content (AvgIpc) is 2.66. The van der Waals surface area contributed by atoms with E-state index in [9.17, 15) is 9.59 Å². The molecule has 0 aliphatic carbocycles. The van der Waals surface area contributed by atoms with Gasteiger partial charge in [0.1, 0.15) is 11.5 Å². The minimum atomic E-state index is -0.999. The van der Waals surface area contributed by atoms with Crippen LogP contribution in [0.4, 0.5) is 0 Å². The second-order valence-electron chi connectivity index (χ2n) is 6.69. The lowest BCUT2D eigenvalue weighted by molar-refractivity contribution is -0.159. The molecule has 136 valence electrons. The highest BCUT2D eigenvalue weighted by Crippen LogP contribution is 2.41. The van der Waals surface area contributed by atoms with Crippen LogP contribution < -0.4 is 9.47 Å². The van der Waals surface area contributed by atoms with Crippen molar-refractivity contribution in [3.63, 3.8) is 0 Å². The van der Waals surface area contributed by atoms with Crippen molar-refractivity contribution in [1.82, 2.24) is 0 Å². The molecular formula is C21H22O5. The Morgan fingerprint density at radius 3 is 2.46 bits per heavy atom. The Hall–Kier alpha value is -2.82. The van der Waals surface area contributed by atoms with E-state index in [1.165, 1.54) is 7.11 Å². The van der Waals surface area contributed by atoms with Crippen molar-refractivity contribution in [3.8, 4) is 11.5 Å². The Labute approximate surface area is 152 Å². The number of rotatable bonds is 3. The minimum Gasteiger partial charge on any atom is -0.475 e. The zero-order valence-corrected chi connectivity index (χ0v) is 15.4. The molecule has 0 amide bonds. The number of aryl methyl sites for hydroxylation is 1. The predicted molar refractivity (Wildman–Crippen MR) is 96.7 cm³/mol. The van der Waals surface area contributed by atoms with Crippen LogP contribution in [0, 0.1) is 13.8 Å². The molecule has 1 heterocycles. The molecule has 26 heavy (non-hydrogen) atoms. The first-order chi connectivity index (χ1) is 12.4. The van der Waals surface area contributed by atoms with Gasteiger partial charge >= 0.3 is 11.9 Å². The van der Waals surface area contributed by atoms with E-state index < -0.39 is 11.6 Å². The van der Waals surface area contributed by atoms with Crippen LogP contribution in [-0.4, -0.2) is 24.6 Å². The molecule has 5 nitrogen and oxygen atoms in total. The van der Waals surface area contributed by atoms with E-state index in [0.29, 0.717) is 29.9 Å². The van der Waals surface area contributed by atoms with Gasteiger partial charge < -0.3 is 14.2 Å². The van der Waals surface area contributed by atoms with Crippen molar-refractivity contribution >= 4 is 11.9 Å². The van der Waals surface area contributed by atoms with E-state index in [0.717, 1.165) is 16.7 Å². The Morgan fingerprint density at radius 1 is 1.12 bits per heavy atom. The Morgan fingerprint density at radius 2 is 1.81 bits per heavy atom. The van der Waals surface area contributed by atoms with Gasteiger partial charge in [-0.15, -0.1) is 0 Å². The monoisotopic (exact) mass is 354 g/mol. The summed E-state index contributed by atoms with van der Waals surface area (Å²) in [5, 5.41) is 0. The zero-order chi connectivity index (χ0) is 18.9. The second kappa shape index (κ2) is 6.83. The van der Waals surface area contributed by atoms with Gasteiger partial charge in [0.2, 0.25) is 5.60 Å². The topological polar surface area (TPSA) is 61.8 Å². The molecule has 1 aliphatic rings. The van der Waals surface area contributed by atoms with Crippen molar-refractivity contribution < 1.29 is 23.8 Å². The number of carbonyl (C=O) groups excluding carboxylic acids is 2. The predicted octanol–water partition coefficient (Wildman–Crippen LogP) is 3.78. The average molecular weight is 354 g/mol. The summed E-state index contributed by atoms with van der Waals surface area (Å²) in [7, 11) is 1.36. The van der Waals surface area contributed by atoms with Crippen molar-refractivity contribution in [1.29, 1.82) is 0 Å². The number of methoxy groups -OCH3 is 1. The lowest BCUT2D eigenvalue weighted by Gasteiger charge is -2.34. The van der Waals surface area contributed by atoms with Gasteiger partial charge in [0, 0.05) is 6.42 Å². The van der Waals surface area contributed by atoms with Crippen LogP contribution in [0.1, 0.15) is 40.4 Å². The van der Waals surface area contributed by atoms with E-state index in [1.54, 1.807) is 31.2 Å². The third kappa shape index (κ3) is 3.17. The number of benzene rings is 2. The maximum absolute atomic E-state index is 12.4. The maximum atomic E-state index is 12.4. The highest BCUT2D eigenvalue weighted by Gasteiger charge is 2.41. The number of ether oxygens (including phenoxy) is 3. The molecule has 2 aromatic carbocycles. The van der Waals surface area contributed by atoms with E-state index >= 15 is 0 Å². The molecule has 0 N–H and O–H groups in total. The Balaban J connectivity index is 1.92. The van der Waals surface area contributed by atoms with Crippen LogP contribution in [0.15, 0.2) is 36.4 Å². The van der Waals surface area contributed by atoms with Crippen molar-refractivity contribution in [2.75, 3.05) is 7.11 Å². The molecule has 1 atom stereocenters. The number of carbonyl (C=O) groups is 2. The number of esters is 2. The summed E-state index contributed by atoms with van der Waals surface area (Å²) in [6.07, 6.45) is 1.14. The van der Waals surface area contributed by atoms with E-state index in [1.807, 2.05) is 26.0 Å². The molecule has 0 bridgehead atoms. The minimum absolute atomic E-state index is 0.389. The fourth-order valence-corrected chi connectivity index (χ4v) is 3.10. The van der Waals surface area contributed by atoms with Gasteiger partial charge in [0.25, 0.3) is 0 Å². The summed E-state index contributed by atoms with van der Waals surface area (Å²) >= 11 is 0. The normalized spacial score (nSPS) is 18.5. The van der Waals surface area contributed by atoms with Crippen molar-refractivity contribution in [3.05, 3.63) is 58.7 Å². The first-order valence-corrected chi connectivity index (χ1v) is 8.53. The van der Waals surface area contributed by atoms with E-state index in [2.05, 4.69) is 0 Å². The van der Waals surface area contributed by atoms with E-state index in [-0.39, 0.29) is 5.97 Å². The quantitative estimate of drug-likeness (QED) is 0.620. The SMILES string of the molecule is COC(=O)C1(C)CCc2cc(OC(=O)c3ccccc3)c(C)c(C)c2O1. The Kier molecular flexibility index (Phi) is 4.72. The van der Waals surface area contributed by atoms with Gasteiger partial charge in [0.05, 0.1) is 12.7 Å². The molecule has 5 heteroatoms. The van der Waals surface area contributed by atoms with Crippen LogP contribution in [0.5, 0.6) is 11.5 Å². The lowest BCUT2D eigenvalue weighted by atomic mass is 9.90. The Bertz CT molecular complexity index is 856. The zero-order valence-electron chi connectivity index (χ0n) is 15.4. The molecule has 0 fully saturated rings. The summed E-state index contributed by atoms with van der Waals surface area (Å²) in [5.74, 6) is 0.394. The van der Waals surface area contributed by atoms with Crippen molar-refractivity contribution in [2.24, 2.45) is 0 Å². The van der Waals surface area contributed by atoms with Gasteiger partial charge in [0.15, 0.2) is 0 Å². The van der Waals surface area contributed by atoms with Gasteiger partial charge in [-0.1, -0.05) is 18.2 Å². The first kappa shape index (κ1) is 18.0. The molecule has 0 saturated heterocycles.